The van der Waals surface area contributed by atoms with Crippen LogP contribution in [0.25, 0.3) is 0 Å². The number of alkyl halides is 1. The van der Waals surface area contributed by atoms with Crippen molar-refractivity contribution in [3.8, 4) is 0 Å². The first-order valence-corrected chi connectivity index (χ1v) is 5.16. The molecular weight excluding hydrogens is 172 g/mol. The third kappa shape index (κ3) is 1.77. The molecule has 0 aliphatic heterocycles. The molecular formula is C10H19ClO. The molecule has 0 saturated heterocycles. The van der Waals surface area contributed by atoms with Crippen molar-refractivity contribution in [2.75, 3.05) is 19.6 Å². The summed E-state index contributed by atoms with van der Waals surface area (Å²) in [6.07, 6.45) is 3.65. The van der Waals surface area contributed by atoms with Crippen LogP contribution in [0.5, 0.6) is 0 Å². The predicted molar refractivity (Wildman–Crippen MR) is 52.7 cm³/mol. The molecule has 0 aromatic heterocycles. The van der Waals surface area contributed by atoms with Gasteiger partial charge in [-0.05, 0) is 30.1 Å². The van der Waals surface area contributed by atoms with Crippen LogP contribution in [0.3, 0.4) is 0 Å². The van der Waals surface area contributed by atoms with Gasteiger partial charge in [0, 0.05) is 19.6 Å². The summed E-state index contributed by atoms with van der Waals surface area (Å²) < 4.78 is 5.03. The molecule has 2 heteroatoms. The molecule has 1 atom stereocenters. The van der Waals surface area contributed by atoms with Crippen LogP contribution in [0, 0.1) is 10.8 Å². The molecule has 0 spiro atoms. The van der Waals surface area contributed by atoms with Crippen LogP contribution in [-0.4, -0.2) is 19.6 Å². The van der Waals surface area contributed by atoms with E-state index in [0.717, 1.165) is 18.9 Å². The van der Waals surface area contributed by atoms with E-state index >= 15 is 0 Å². The fourth-order valence-electron chi connectivity index (χ4n) is 2.08. The highest BCUT2D eigenvalue weighted by Crippen LogP contribution is 2.66. The lowest BCUT2D eigenvalue weighted by molar-refractivity contribution is 0.183. The predicted octanol–water partition coefficient (Wildman–Crippen LogP) is 3.07. The summed E-state index contributed by atoms with van der Waals surface area (Å²) in [5.74, 6) is 0.809. The second-order valence-corrected chi connectivity index (χ2v) is 4.84. The van der Waals surface area contributed by atoms with Gasteiger partial charge in [-0.2, -0.15) is 0 Å². The van der Waals surface area contributed by atoms with Crippen molar-refractivity contribution >= 4 is 11.6 Å². The van der Waals surface area contributed by atoms with Crippen LogP contribution >= 0.6 is 11.6 Å². The van der Waals surface area contributed by atoms with Crippen molar-refractivity contribution in [3.63, 3.8) is 0 Å². The number of hydrogen-bond donors (Lipinski definition) is 0. The number of rotatable bonds is 5. The van der Waals surface area contributed by atoms with Crippen molar-refractivity contribution in [2.45, 2.75) is 33.1 Å². The molecule has 1 aliphatic rings. The fourth-order valence-corrected chi connectivity index (χ4v) is 2.67. The minimum Gasteiger partial charge on any atom is -0.385 e. The van der Waals surface area contributed by atoms with Crippen molar-refractivity contribution in [1.29, 1.82) is 0 Å². The van der Waals surface area contributed by atoms with Gasteiger partial charge in [-0.25, -0.2) is 0 Å². The standard InChI is InChI=1S/C10H19ClO/c1-9(2)7-10(9,8-11)5-4-6-12-3/h4-8H2,1-3H3. The van der Waals surface area contributed by atoms with Gasteiger partial charge in [0.2, 0.25) is 0 Å². The Morgan fingerprint density at radius 1 is 1.42 bits per heavy atom. The molecule has 0 aromatic carbocycles. The fraction of sp³-hybridized carbons (Fsp3) is 1.00. The van der Waals surface area contributed by atoms with E-state index in [-0.39, 0.29) is 0 Å². The van der Waals surface area contributed by atoms with E-state index in [4.69, 9.17) is 16.3 Å². The van der Waals surface area contributed by atoms with Gasteiger partial charge in [0.1, 0.15) is 0 Å². The monoisotopic (exact) mass is 190 g/mol. The van der Waals surface area contributed by atoms with Crippen LogP contribution in [0.1, 0.15) is 33.1 Å². The van der Waals surface area contributed by atoms with Gasteiger partial charge >= 0.3 is 0 Å². The lowest BCUT2D eigenvalue weighted by Crippen LogP contribution is -2.11. The molecule has 1 saturated carbocycles. The van der Waals surface area contributed by atoms with E-state index in [0.29, 0.717) is 10.8 Å². The van der Waals surface area contributed by atoms with E-state index in [1.807, 2.05) is 0 Å². The summed E-state index contributed by atoms with van der Waals surface area (Å²) in [4.78, 5) is 0. The molecule has 0 amide bonds. The van der Waals surface area contributed by atoms with Gasteiger partial charge in [0.15, 0.2) is 0 Å². The normalized spacial score (nSPS) is 32.0. The first kappa shape index (κ1) is 10.3. The molecule has 12 heavy (non-hydrogen) atoms. The summed E-state index contributed by atoms with van der Waals surface area (Å²) in [6, 6.07) is 0. The Hall–Kier alpha value is 0.250. The van der Waals surface area contributed by atoms with E-state index in [1.165, 1.54) is 12.8 Å². The smallest absolute Gasteiger partial charge is 0.0462 e. The third-order valence-corrected chi connectivity index (χ3v) is 3.86. The first-order chi connectivity index (χ1) is 5.58. The van der Waals surface area contributed by atoms with Crippen molar-refractivity contribution < 1.29 is 4.74 Å². The highest BCUT2D eigenvalue weighted by atomic mass is 35.5. The molecule has 1 nitrogen and oxygen atoms in total. The van der Waals surface area contributed by atoms with Gasteiger partial charge in [0.25, 0.3) is 0 Å². The number of halogens is 1. The van der Waals surface area contributed by atoms with Gasteiger partial charge in [0.05, 0.1) is 0 Å². The molecule has 1 fully saturated rings. The lowest BCUT2D eigenvalue weighted by Gasteiger charge is -2.16. The van der Waals surface area contributed by atoms with E-state index in [2.05, 4.69) is 13.8 Å². The molecule has 0 aromatic rings. The Morgan fingerprint density at radius 3 is 2.33 bits per heavy atom. The topological polar surface area (TPSA) is 9.23 Å². The molecule has 0 bridgehead atoms. The maximum atomic E-state index is 5.98. The van der Waals surface area contributed by atoms with E-state index in [9.17, 15) is 0 Å². The number of methoxy groups -OCH3 is 1. The molecule has 0 N–H and O–H groups in total. The van der Waals surface area contributed by atoms with Gasteiger partial charge in [-0.3, -0.25) is 0 Å². The SMILES string of the molecule is COCCCC1(CCl)CC1(C)C. The maximum absolute atomic E-state index is 5.98. The van der Waals surface area contributed by atoms with Crippen molar-refractivity contribution in [1.82, 2.24) is 0 Å². The van der Waals surface area contributed by atoms with E-state index in [1.54, 1.807) is 7.11 Å². The Balaban J connectivity index is 2.30. The first-order valence-electron chi connectivity index (χ1n) is 4.63. The Kier molecular flexibility index (Phi) is 3.06. The van der Waals surface area contributed by atoms with Crippen molar-refractivity contribution in [2.24, 2.45) is 10.8 Å². The molecule has 0 heterocycles. The zero-order valence-electron chi connectivity index (χ0n) is 8.32. The third-order valence-electron chi connectivity index (χ3n) is 3.35. The largest absolute Gasteiger partial charge is 0.385 e. The molecule has 1 unspecified atom stereocenters. The highest BCUT2D eigenvalue weighted by molar-refractivity contribution is 6.18. The average Bonchev–Trinajstić information content (AvgIpc) is 2.55. The maximum Gasteiger partial charge on any atom is 0.0462 e. The lowest BCUT2D eigenvalue weighted by atomic mass is 9.93. The van der Waals surface area contributed by atoms with Crippen LogP contribution in [0.15, 0.2) is 0 Å². The molecule has 1 aliphatic carbocycles. The summed E-state index contributed by atoms with van der Waals surface area (Å²) in [5.41, 5.74) is 0.898. The average molecular weight is 191 g/mol. The van der Waals surface area contributed by atoms with Crippen molar-refractivity contribution in [3.05, 3.63) is 0 Å². The second kappa shape index (κ2) is 3.55. The Morgan fingerprint density at radius 2 is 2.00 bits per heavy atom. The number of ether oxygens (including phenoxy) is 1. The van der Waals surface area contributed by atoms with Gasteiger partial charge in [-0.1, -0.05) is 13.8 Å². The van der Waals surface area contributed by atoms with Gasteiger partial charge in [-0.15, -0.1) is 11.6 Å². The molecule has 0 radical (unpaired) electrons. The zero-order valence-corrected chi connectivity index (χ0v) is 9.08. The van der Waals surface area contributed by atoms with Crippen LogP contribution in [0.4, 0.5) is 0 Å². The summed E-state index contributed by atoms with van der Waals surface area (Å²) in [6.45, 7) is 5.49. The summed E-state index contributed by atoms with van der Waals surface area (Å²) in [5, 5.41) is 0. The van der Waals surface area contributed by atoms with Crippen LogP contribution in [0.2, 0.25) is 0 Å². The molecule has 1 rings (SSSR count). The summed E-state index contributed by atoms with van der Waals surface area (Å²) in [7, 11) is 1.76. The Labute approximate surface area is 80.4 Å². The minimum absolute atomic E-state index is 0.424. The summed E-state index contributed by atoms with van der Waals surface area (Å²) >= 11 is 5.98. The van der Waals surface area contributed by atoms with E-state index < -0.39 is 0 Å². The Bertz CT molecular complexity index is 156. The second-order valence-electron chi connectivity index (χ2n) is 4.57. The van der Waals surface area contributed by atoms with Crippen LogP contribution in [-0.2, 0) is 4.74 Å². The molecule has 72 valence electrons. The van der Waals surface area contributed by atoms with Gasteiger partial charge < -0.3 is 4.74 Å². The number of hydrogen-bond acceptors (Lipinski definition) is 1. The minimum atomic E-state index is 0.424. The van der Waals surface area contributed by atoms with Crippen LogP contribution < -0.4 is 0 Å². The highest BCUT2D eigenvalue weighted by Gasteiger charge is 2.59. The zero-order chi connectivity index (χ0) is 9.24. The quantitative estimate of drug-likeness (QED) is 0.478.